The fraction of sp³-hybridized carbons (Fsp3) is 0.529. The van der Waals surface area contributed by atoms with Crippen molar-refractivity contribution in [3.05, 3.63) is 35.6 Å². The lowest BCUT2D eigenvalue weighted by Crippen LogP contribution is -2.21. The predicted octanol–water partition coefficient (Wildman–Crippen LogP) is 3.12. The van der Waals surface area contributed by atoms with Gasteiger partial charge in [-0.1, -0.05) is 24.6 Å². The standard InChI is InChI=1S/C17H22N2O/c18-8-15-14-6-1-2-7-16(14)20-17(15)11-19-9-12-4-3-5-13(12)10-19/h1-2,6-7,12-13H,3-5,8-11,18H2. The summed E-state index contributed by atoms with van der Waals surface area (Å²) in [6.45, 7) is 3.97. The number of fused-ring (bicyclic) bond motifs is 2. The van der Waals surface area contributed by atoms with E-state index >= 15 is 0 Å². The zero-order valence-corrected chi connectivity index (χ0v) is 11.8. The third kappa shape index (κ3) is 1.97. The molecular formula is C17H22N2O. The summed E-state index contributed by atoms with van der Waals surface area (Å²) in [5, 5.41) is 1.18. The molecule has 0 amide bonds. The molecule has 1 saturated carbocycles. The Hall–Kier alpha value is -1.32. The Morgan fingerprint density at radius 2 is 1.90 bits per heavy atom. The van der Waals surface area contributed by atoms with Gasteiger partial charge in [-0.2, -0.15) is 0 Å². The summed E-state index contributed by atoms with van der Waals surface area (Å²) in [5.74, 6) is 2.94. The first-order valence-electron chi connectivity index (χ1n) is 7.77. The molecule has 1 aliphatic carbocycles. The number of rotatable bonds is 3. The van der Waals surface area contributed by atoms with Crippen LogP contribution in [0.5, 0.6) is 0 Å². The molecule has 3 nitrogen and oxygen atoms in total. The average molecular weight is 270 g/mol. The minimum atomic E-state index is 0.563. The Morgan fingerprint density at radius 1 is 1.15 bits per heavy atom. The maximum absolute atomic E-state index is 6.05. The van der Waals surface area contributed by atoms with Crippen molar-refractivity contribution >= 4 is 11.0 Å². The second kappa shape index (κ2) is 4.90. The van der Waals surface area contributed by atoms with Crippen molar-refractivity contribution in [2.45, 2.75) is 32.4 Å². The summed E-state index contributed by atoms with van der Waals surface area (Å²) in [6.07, 6.45) is 4.28. The van der Waals surface area contributed by atoms with Gasteiger partial charge in [0.2, 0.25) is 0 Å². The van der Waals surface area contributed by atoms with Crippen LogP contribution in [0, 0.1) is 11.8 Å². The van der Waals surface area contributed by atoms with Gasteiger partial charge in [0.1, 0.15) is 11.3 Å². The van der Waals surface area contributed by atoms with Crippen molar-refractivity contribution in [3.8, 4) is 0 Å². The first-order chi connectivity index (χ1) is 9.85. The van der Waals surface area contributed by atoms with Gasteiger partial charge in [-0.05, 0) is 30.7 Å². The molecule has 1 aromatic carbocycles. The number of benzene rings is 1. The molecule has 2 aliphatic rings. The van der Waals surface area contributed by atoms with Gasteiger partial charge < -0.3 is 10.2 Å². The zero-order chi connectivity index (χ0) is 13.5. The van der Waals surface area contributed by atoms with Gasteiger partial charge in [0.15, 0.2) is 0 Å². The molecule has 0 spiro atoms. The van der Waals surface area contributed by atoms with Crippen molar-refractivity contribution < 1.29 is 4.42 Å². The number of hydrogen-bond donors (Lipinski definition) is 1. The van der Waals surface area contributed by atoms with Crippen LogP contribution in [0.3, 0.4) is 0 Å². The maximum atomic E-state index is 6.05. The van der Waals surface area contributed by atoms with Gasteiger partial charge in [0, 0.05) is 30.6 Å². The molecule has 1 saturated heterocycles. The van der Waals surface area contributed by atoms with Crippen molar-refractivity contribution in [2.75, 3.05) is 13.1 Å². The van der Waals surface area contributed by atoms with Crippen LogP contribution in [0.25, 0.3) is 11.0 Å². The van der Waals surface area contributed by atoms with Crippen molar-refractivity contribution in [1.29, 1.82) is 0 Å². The van der Waals surface area contributed by atoms with E-state index in [4.69, 9.17) is 10.2 Å². The number of nitrogens with two attached hydrogens (primary N) is 1. The van der Waals surface area contributed by atoms with Gasteiger partial charge >= 0.3 is 0 Å². The summed E-state index contributed by atoms with van der Waals surface area (Å²) < 4.78 is 6.05. The minimum absolute atomic E-state index is 0.563. The molecule has 106 valence electrons. The normalized spacial score (nSPS) is 26.4. The zero-order valence-electron chi connectivity index (χ0n) is 11.8. The van der Waals surface area contributed by atoms with Gasteiger partial charge in [-0.25, -0.2) is 0 Å². The third-order valence-electron chi connectivity index (χ3n) is 5.16. The summed E-state index contributed by atoms with van der Waals surface area (Å²) >= 11 is 0. The van der Waals surface area contributed by atoms with E-state index in [0.717, 1.165) is 29.7 Å². The van der Waals surface area contributed by atoms with E-state index in [0.29, 0.717) is 6.54 Å². The first-order valence-corrected chi connectivity index (χ1v) is 7.77. The van der Waals surface area contributed by atoms with E-state index in [1.165, 1.54) is 43.3 Å². The SMILES string of the molecule is NCc1c(CN2CC3CCCC3C2)oc2ccccc12. The Kier molecular flexibility index (Phi) is 3.04. The molecule has 1 aromatic heterocycles. The van der Waals surface area contributed by atoms with Crippen LogP contribution in [-0.4, -0.2) is 18.0 Å². The van der Waals surface area contributed by atoms with Gasteiger partial charge in [-0.15, -0.1) is 0 Å². The summed E-state index contributed by atoms with van der Waals surface area (Å²) in [5.41, 5.74) is 8.12. The molecule has 2 unspecified atom stereocenters. The predicted molar refractivity (Wildman–Crippen MR) is 80.2 cm³/mol. The highest BCUT2D eigenvalue weighted by atomic mass is 16.3. The van der Waals surface area contributed by atoms with Crippen molar-refractivity contribution in [2.24, 2.45) is 17.6 Å². The smallest absolute Gasteiger partial charge is 0.134 e. The van der Waals surface area contributed by atoms with Crippen molar-refractivity contribution in [3.63, 3.8) is 0 Å². The topological polar surface area (TPSA) is 42.4 Å². The van der Waals surface area contributed by atoms with E-state index in [1.54, 1.807) is 0 Å². The van der Waals surface area contributed by atoms with E-state index in [9.17, 15) is 0 Å². The molecule has 20 heavy (non-hydrogen) atoms. The van der Waals surface area contributed by atoms with E-state index in [2.05, 4.69) is 17.0 Å². The molecule has 1 aliphatic heterocycles. The second-order valence-electron chi connectivity index (χ2n) is 6.35. The fourth-order valence-corrected chi connectivity index (χ4v) is 4.17. The number of para-hydroxylation sites is 1. The molecule has 2 fully saturated rings. The highest BCUT2D eigenvalue weighted by Gasteiger charge is 2.36. The average Bonchev–Trinajstić information content (AvgIpc) is 3.10. The van der Waals surface area contributed by atoms with Gasteiger partial charge in [-0.3, -0.25) is 4.90 Å². The first kappa shape index (κ1) is 12.4. The Labute approximate surface area is 119 Å². The molecule has 2 atom stereocenters. The molecule has 3 heteroatoms. The van der Waals surface area contributed by atoms with Crippen LogP contribution in [0.4, 0.5) is 0 Å². The number of nitrogens with zero attached hydrogens (tertiary/aromatic N) is 1. The molecule has 2 heterocycles. The fourth-order valence-electron chi connectivity index (χ4n) is 4.17. The largest absolute Gasteiger partial charge is 0.459 e. The van der Waals surface area contributed by atoms with Gasteiger partial charge in [0.25, 0.3) is 0 Å². The highest BCUT2D eigenvalue weighted by molar-refractivity contribution is 5.82. The van der Waals surface area contributed by atoms with Crippen molar-refractivity contribution in [1.82, 2.24) is 4.90 Å². The molecule has 2 aromatic rings. The third-order valence-corrected chi connectivity index (χ3v) is 5.16. The monoisotopic (exact) mass is 270 g/mol. The number of hydrogen-bond acceptors (Lipinski definition) is 3. The molecular weight excluding hydrogens is 248 g/mol. The van der Waals surface area contributed by atoms with E-state index < -0.39 is 0 Å². The molecule has 0 bridgehead atoms. The van der Waals surface area contributed by atoms with E-state index in [1.807, 2.05) is 12.1 Å². The van der Waals surface area contributed by atoms with Crippen LogP contribution in [0.2, 0.25) is 0 Å². The van der Waals surface area contributed by atoms with E-state index in [-0.39, 0.29) is 0 Å². The lowest BCUT2D eigenvalue weighted by Gasteiger charge is -2.15. The molecule has 4 rings (SSSR count). The highest BCUT2D eigenvalue weighted by Crippen LogP contribution is 2.38. The Bertz CT molecular complexity index is 606. The van der Waals surface area contributed by atoms with Crippen LogP contribution >= 0.6 is 0 Å². The summed E-state index contributed by atoms with van der Waals surface area (Å²) in [6, 6.07) is 8.23. The number of furan rings is 1. The minimum Gasteiger partial charge on any atom is -0.459 e. The summed E-state index contributed by atoms with van der Waals surface area (Å²) in [4.78, 5) is 2.56. The van der Waals surface area contributed by atoms with Crippen LogP contribution in [0.1, 0.15) is 30.6 Å². The second-order valence-corrected chi connectivity index (χ2v) is 6.35. The molecule has 2 N–H and O–H groups in total. The number of likely N-dealkylation sites (tertiary alicyclic amines) is 1. The lowest BCUT2D eigenvalue weighted by atomic mass is 10.0. The summed E-state index contributed by atoms with van der Waals surface area (Å²) in [7, 11) is 0. The maximum Gasteiger partial charge on any atom is 0.134 e. The lowest BCUT2D eigenvalue weighted by molar-refractivity contribution is 0.278. The van der Waals surface area contributed by atoms with Crippen LogP contribution in [-0.2, 0) is 13.1 Å². The Morgan fingerprint density at radius 3 is 2.65 bits per heavy atom. The van der Waals surface area contributed by atoms with Crippen LogP contribution in [0.15, 0.2) is 28.7 Å². The van der Waals surface area contributed by atoms with Gasteiger partial charge in [0.05, 0.1) is 6.54 Å². The Balaban J connectivity index is 1.59. The quantitative estimate of drug-likeness (QED) is 0.931. The molecule has 0 radical (unpaired) electrons. The van der Waals surface area contributed by atoms with Crippen LogP contribution < -0.4 is 5.73 Å².